The zero-order chi connectivity index (χ0) is 16.6. The largest absolute Gasteiger partial charge is 0.279 e. The van der Waals surface area contributed by atoms with Crippen molar-refractivity contribution in [1.29, 1.82) is 0 Å². The number of hydrogen-bond donors (Lipinski definition) is 1. The van der Waals surface area contributed by atoms with Gasteiger partial charge in [0.1, 0.15) is 16.4 Å². The molecule has 2 aromatic heterocycles. The first-order valence-electron chi connectivity index (χ1n) is 6.42. The molecule has 3 rings (SSSR count). The highest BCUT2D eigenvalue weighted by Gasteiger charge is 2.24. The van der Waals surface area contributed by atoms with Gasteiger partial charge in [0.25, 0.3) is 10.0 Å². The lowest BCUT2D eigenvalue weighted by Crippen LogP contribution is -2.13. The Morgan fingerprint density at radius 1 is 1.35 bits per heavy atom. The first-order chi connectivity index (χ1) is 10.9. The van der Waals surface area contributed by atoms with E-state index in [0.717, 1.165) is 10.9 Å². The van der Waals surface area contributed by atoms with Crippen LogP contribution in [0.25, 0.3) is 10.6 Å². The third-order valence-electron chi connectivity index (χ3n) is 3.01. The van der Waals surface area contributed by atoms with Gasteiger partial charge in [0, 0.05) is 13.2 Å². The predicted molar refractivity (Wildman–Crippen MR) is 88.7 cm³/mol. The Morgan fingerprint density at radius 3 is 2.78 bits per heavy atom. The highest BCUT2D eigenvalue weighted by molar-refractivity contribution is 7.92. The molecule has 0 amide bonds. The lowest BCUT2D eigenvalue weighted by atomic mass is 10.3. The minimum Gasteiger partial charge on any atom is -0.279 e. The quantitative estimate of drug-likeness (QED) is 0.759. The molecule has 5 nitrogen and oxygen atoms in total. The molecule has 0 fully saturated rings. The maximum absolute atomic E-state index is 13.2. The van der Waals surface area contributed by atoms with E-state index in [1.807, 2.05) is 11.4 Å². The Labute approximate surface area is 141 Å². The highest BCUT2D eigenvalue weighted by atomic mass is 35.5. The molecule has 23 heavy (non-hydrogen) atoms. The third-order valence-corrected chi connectivity index (χ3v) is 5.56. The first-order valence-corrected chi connectivity index (χ1v) is 9.16. The maximum atomic E-state index is 13.2. The number of nitrogens with zero attached hydrogens (tertiary/aromatic N) is 2. The van der Waals surface area contributed by atoms with Gasteiger partial charge in [0.2, 0.25) is 0 Å². The van der Waals surface area contributed by atoms with Crippen LogP contribution in [0.1, 0.15) is 0 Å². The lowest BCUT2D eigenvalue weighted by Gasteiger charge is -2.08. The van der Waals surface area contributed by atoms with Crippen molar-refractivity contribution < 1.29 is 12.8 Å². The molecule has 0 spiro atoms. The molecule has 0 atom stereocenters. The number of halogens is 2. The van der Waals surface area contributed by atoms with Crippen LogP contribution < -0.4 is 4.72 Å². The number of thiophene rings is 1. The molecule has 3 aromatic rings. The van der Waals surface area contributed by atoms with E-state index in [1.165, 1.54) is 34.3 Å². The second-order valence-corrected chi connectivity index (χ2v) is 7.73. The lowest BCUT2D eigenvalue weighted by molar-refractivity contribution is 0.601. The van der Waals surface area contributed by atoms with Crippen molar-refractivity contribution in [1.82, 2.24) is 9.78 Å². The molecule has 1 N–H and O–H groups in total. The van der Waals surface area contributed by atoms with Gasteiger partial charge >= 0.3 is 0 Å². The molecule has 1 aromatic carbocycles. The molecular formula is C14H11ClFN3O2S2. The van der Waals surface area contributed by atoms with E-state index in [0.29, 0.717) is 5.69 Å². The van der Waals surface area contributed by atoms with Crippen LogP contribution in [0, 0.1) is 5.82 Å². The number of aryl methyl sites for hydroxylation is 1. The Hall–Kier alpha value is -1.90. The Morgan fingerprint density at radius 2 is 2.13 bits per heavy atom. The zero-order valence-electron chi connectivity index (χ0n) is 11.8. The summed E-state index contributed by atoms with van der Waals surface area (Å²) in [5, 5.41) is 5.90. The van der Waals surface area contributed by atoms with E-state index in [9.17, 15) is 12.8 Å². The van der Waals surface area contributed by atoms with Crippen molar-refractivity contribution in [3.8, 4) is 10.6 Å². The number of hydrogen-bond acceptors (Lipinski definition) is 4. The summed E-state index contributed by atoms with van der Waals surface area (Å²) in [5.74, 6) is -0.615. The topological polar surface area (TPSA) is 64.0 Å². The minimum absolute atomic E-state index is 0.0443. The monoisotopic (exact) mass is 371 g/mol. The van der Waals surface area contributed by atoms with Crippen molar-refractivity contribution >= 4 is 38.6 Å². The maximum Gasteiger partial charge on any atom is 0.265 e. The highest BCUT2D eigenvalue weighted by Crippen LogP contribution is 2.31. The number of anilines is 1. The van der Waals surface area contributed by atoms with Gasteiger partial charge in [-0.2, -0.15) is 5.10 Å². The summed E-state index contributed by atoms with van der Waals surface area (Å²) in [6.45, 7) is 0. The van der Waals surface area contributed by atoms with Crippen molar-refractivity contribution in [2.24, 2.45) is 7.05 Å². The van der Waals surface area contributed by atoms with Gasteiger partial charge in [-0.15, -0.1) is 11.3 Å². The van der Waals surface area contributed by atoms with Crippen LogP contribution in [0.2, 0.25) is 5.02 Å². The summed E-state index contributed by atoms with van der Waals surface area (Å²) in [5.41, 5.74) is 0.542. The summed E-state index contributed by atoms with van der Waals surface area (Å²) < 4.78 is 42.3. The molecule has 0 aliphatic rings. The fourth-order valence-electron chi connectivity index (χ4n) is 2.02. The van der Waals surface area contributed by atoms with Gasteiger partial charge in [0.05, 0.1) is 15.6 Å². The normalized spacial score (nSPS) is 11.6. The van der Waals surface area contributed by atoms with Crippen molar-refractivity contribution in [2.75, 3.05) is 4.72 Å². The standard InChI is InChI=1S/C14H11ClFN3O2S2/c1-19-8-13(14(17-19)12-3-2-6-22-12)23(20,21)18-9-4-5-11(16)10(15)7-9/h2-8,18H,1H3. The van der Waals surface area contributed by atoms with Gasteiger partial charge in [-0.05, 0) is 29.6 Å². The van der Waals surface area contributed by atoms with Crippen LogP contribution in [0.15, 0.2) is 46.8 Å². The average molecular weight is 372 g/mol. The molecule has 0 aliphatic carbocycles. The van der Waals surface area contributed by atoms with Crippen LogP contribution in [0.4, 0.5) is 10.1 Å². The molecule has 120 valence electrons. The summed E-state index contributed by atoms with van der Waals surface area (Å²) >= 11 is 7.07. The van der Waals surface area contributed by atoms with Gasteiger partial charge in [-0.25, -0.2) is 12.8 Å². The van der Waals surface area contributed by atoms with Crippen LogP contribution in [-0.4, -0.2) is 18.2 Å². The van der Waals surface area contributed by atoms with E-state index in [-0.39, 0.29) is 15.6 Å². The van der Waals surface area contributed by atoms with Gasteiger partial charge in [-0.3, -0.25) is 9.40 Å². The number of benzene rings is 1. The molecule has 0 radical (unpaired) electrons. The molecule has 2 heterocycles. The number of rotatable bonds is 4. The third kappa shape index (κ3) is 3.24. The van der Waals surface area contributed by atoms with Gasteiger partial charge in [0.15, 0.2) is 0 Å². The fraction of sp³-hybridized carbons (Fsp3) is 0.0714. The summed E-state index contributed by atoms with van der Waals surface area (Å²) in [7, 11) is -2.24. The van der Waals surface area contributed by atoms with Gasteiger partial charge in [-0.1, -0.05) is 17.7 Å². The molecule has 0 aliphatic heterocycles. The minimum atomic E-state index is -3.89. The molecular weight excluding hydrogens is 361 g/mol. The van der Waals surface area contributed by atoms with Crippen LogP contribution in [0.3, 0.4) is 0 Å². The zero-order valence-corrected chi connectivity index (χ0v) is 14.2. The summed E-state index contributed by atoms with van der Waals surface area (Å²) in [4.78, 5) is 0.783. The first kappa shape index (κ1) is 16.0. The molecule has 0 saturated heterocycles. The number of aromatic nitrogens is 2. The smallest absolute Gasteiger partial charge is 0.265 e. The molecule has 9 heteroatoms. The van der Waals surface area contributed by atoms with E-state index in [4.69, 9.17) is 11.6 Å². The van der Waals surface area contributed by atoms with Gasteiger partial charge < -0.3 is 0 Å². The summed E-state index contributed by atoms with van der Waals surface area (Å²) in [6, 6.07) is 7.23. The molecule has 0 saturated carbocycles. The van der Waals surface area contributed by atoms with Crippen LogP contribution in [-0.2, 0) is 17.1 Å². The summed E-state index contributed by atoms with van der Waals surface area (Å²) in [6.07, 6.45) is 1.42. The van der Waals surface area contributed by atoms with E-state index in [2.05, 4.69) is 9.82 Å². The Kier molecular flexibility index (Phi) is 4.13. The average Bonchev–Trinajstić information content (AvgIpc) is 3.11. The van der Waals surface area contributed by atoms with E-state index < -0.39 is 15.8 Å². The number of nitrogens with one attached hydrogen (secondary N) is 1. The van der Waals surface area contributed by atoms with E-state index >= 15 is 0 Å². The van der Waals surface area contributed by atoms with Crippen molar-refractivity contribution in [3.63, 3.8) is 0 Å². The number of sulfonamides is 1. The fourth-order valence-corrected chi connectivity index (χ4v) is 4.23. The SMILES string of the molecule is Cn1cc(S(=O)(=O)Nc2ccc(F)c(Cl)c2)c(-c2cccs2)n1. The second-order valence-electron chi connectivity index (χ2n) is 4.73. The molecule has 0 bridgehead atoms. The Bertz CT molecular complexity index is 953. The Balaban J connectivity index is 2.02. The second kappa shape index (κ2) is 5.95. The van der Waals surface area contributed by atoms with E-state index in [1.54, 1.807) is 13.1 Å². The van der Waals surface area contributed by atoms with Crippen molar-refractivity contribution in [2.45, 2.75) is 4.90 Å². The predicted octanol–water partition coefficient (Wildman–Crippen LogP) is 3.74. The van der Waals surface area contributed by atoms with Crippen molar-refractivity contribution in [3.05, 3.63) is 52.7 Å². The van der Waals surface area contributed by atoms with Crippen LogP contribution in [0.5, 0.6) is 0 Å². The molecule has 0 unspecified atom stereocenters. The van der Waals surface area contributed by atoms with Crippen LogP contribution >= 0.6 is 22.9 Å².